The van der Waals surface area contributed by atoms with Crippen LogP contribution in [0.25, 0.3) is 0 Å². The summed E-state index contributed by atoms with van der Waals surface area (Å²) in [6.07, 6.45) is -0.686. The van der Waals surface area contributed by atoms with Crippen LogP contribution in [0.3, 0.4) is 0 Å². The Balaban J connectivity index is 2.59. The third-order valence-corrected chi connectivity index (χ3v) is 3.05. The van der Waals surface area contributed by atoms with Crippen molar-refractivity contribution < 1.29 is 29.0 Å². The van der Waals surface area contributed by atoms with Crippen LogP contribution < -0.4 is 5.48 Å². The topological polar surface area (TPSA) is 94.1 Å². The highest BCUT2D eigenvalue weighted by molar-refractivity contribution is 5.78. The van der Waals surface area contributed by atoms with Crippen molar-refractivity contribution in [3.8, 4) is 0 Å². The lowest BCUT2D eigenvalue weighted by Gasteiger charge is -2.29. The molecule has 1 amide bonds. The average Bonchev–Trinajstić information content (AvgIpc) is 2.51. The zero-order valence-corrected chi connectivity index (χ0v) is 13.6. The predicted molar refractivity (Wildman–Crippen MR) is 82.5 cm³/mol. The Morgan fingerprint density at radius 1 is 1.26 bits per heavy atom. The van der Waals surface area contributed by atoms with E-state index in [4.69, 9.17) is 14.3 Å². The SMILES string of the molecule is COC[C@@](CC(C)C)(ONC(=O)OCc1ccccc1)C(=O)O. The zero-order chi connectivity index (χ0) is 17.3. The Hall–Kier alpha value is -2.12. The van der Waals surface area contributed by atoms with Gasteiger partial charge in [-0.05, 0) is 17.9 Å². The maximum atomic E-state index is 11.7. The maximum absolute atomic E-state index is 11.7. The molecule has 0 saturated carbocycles. The van der Waals surface area contributed by atoms with Crippen molar-refractivity contribution in [2.75, 3.05) is 13.7 Å². The number of carboxylic acid groups (broad SMARTS) is 1. The van der Waals surface area contributed by atoms with Crippen LogP contribution in [0.2, 0.25) is 0 Å². The summed E-state index contributed by atoms with van der Waals surface area (Å²) < 4.78 is 9.91. The van der Waals surface area contributed by atoms with Gasteiger partial charge in [-0.1, -0.05) is 44.2 Å². The smallest absolute Gasteiger partial charge is 0.431 e. The molecule has 0 aliphatic heterocycles. The fourth-order valence-electron chi connectivity index (χ4n) is 2.11. The van der Waals surface area contributed by atoms with Crippen LogP contribution in [-0.4, -0.2) is 36.5 Å². The second kappa shape index (κ2) is 9.12. The molecular formula is C16H23NO6. The van der Waals surface area contributed by atoms with Crippen LogP contribution in [0, 0.1) is 5.92 Å². The van der Waals surface area contributed by atoms with E-state index < -0.39 is 17.7 Å². The minimum Gasteiger partial charge on any atom is -0.479 e. The molecule has 128 valence electrons. The Labute approximate surface area is 135 Å². The molecule has 0 bridgehead atoms. The monoisotopic (exact) mass is 325 g/mol. The van der Waals surface area contributed by atoms with E-state index in [9.17, 15) is 14.7 Å². The van der Waals surface area contributed by atoms with Crippen molar-refractivity contribution in [3.63, 3.8) is 0 Å². The number of amides is 1. The number of rotatable bonds is 9. The first-order valence-electron chi connectivity index (χ1n) is 7.26. The number of nitrogens with one attached hydrogen (secondary N) is 1. The molecule has 0 aliphatic rings. The zero-order valence-electron chi connectivity index (χ0n) is 13.6. The summed E-state index contributed by atoms with van der Waals surface area (Å²) in [6, 6.07) is 9.11. The summed E-state index contributed by atoms with van der Waals surface area (Å²) in [4.78, 5) is 28.4. The molecular weight excluding hydrogens is 302 g/mol. The van der Waals surface area contributed by atoms with E-state index in [1.54, 1.807) is 12.1 Å². The Morgan fingerprint density at radius 3 is 2.43 bits per heavy atom. The van der Waals surface area contributed by atoms with Crippen LogP contribution in [0.15, 0.2) is 30.3 Å². The minimum atomic E-state index is -1.66. The lowest BCUT2D eigenvalue weighted by Crippen LogP contribution is -2.51. The second-order valence-electron chi connectivity index (χ2n) is 5.60. The number of hydroxylamine groups is 1. The number of aliphatic carboxylic acids is 1. The normalized spacial score (nSPS) is 13.4. The molecule has 0 saturated heterocycles. The highest BCUT2D eigenvalue weighted by atomic mass is 16.7. The lowest BCUT2D eigenvalue weighted by atomic mass is 9.93. The third kappa shape index (κ3) is 6.25. The van der Waals surface area contributed by atoms with Gasteiger partial charge in [0.05, 0.1) is 6.61 Å². The molecule has 0 fully saturated rings. The Morgan fingerprint density at radius 2 is 1.91 bits per heavy atom. The molecule has 0 spiro atoms. The number of methoxy groups -OCH3 is 1. The molecule has 0 aliphatic carbocycles. The number of carbonyl (C=O) groups excluding carboxylic acids is 1. The molecule has 0 radical (unpaired) electrons. The Kier molecular flexibility index (Phi) is 7.50. The van der Waals surface area contributed by atoms with Crippen molar-refractivity contribution in [2.24, 2.45) is 5.92 Å². The van der Waals surface area contributed by atoms with Crippen molar-refractivity contribution in [1.29, 1.82) is 0 Å². The first kappa shape index (κ1) is 18.9. The van der Waals surface area contributed by atoms with Crippen molar-refractivity contribution in [1.82, 2.24) is 5.48 Å². The van der Waals surface area contributed by atoms with Crippen LogP contribution in [0.1, 0.15) is 25.8 Å². The first-order chi connectivity index (χ1) is 10.9. The van der Waals surface area contributed by atoms with Gasteiger partial charge in [0.25, 0.3) is 0 Å². The average molecular weight is 325 g/mol. The number of carboxylic acids is 1. The lowest BCUT2D eigenvalue weighted by molar-refractivity contribution is -0.187. The van der Waals surface area contributed by atoms with E-state index in [0.29, 0.717) is 0 Å². The van der Waals surface area contributed by atoms with Crippen LogP contribution in [0.5, 0.6) is 0 Å². The van der Waals surface area contributed by atoms with E-state index >= 15 is 0 Å². The van der Waals surface area contributed by atoms with Gasteiger partial charge >= 0.3 is 12.1 Å². The number of carbonyl (C=O) groups is 2. The van der Waals surface area contributed by atoms with Gasteiger partial charge in [0.1, 0.15) is 6.61 Å². The molecule has 23 heavy (non-hydrogen) atoms. The second-order valence-corrected chi connectivity index (χ2v) is 5.60. The molecule has 1 aromatic rings. The number of benzene rings is 1. The Bertz CT molecular complexity index is 505. The summed E-state index contributed by atoms with van der Waals surface area (Å²) in [6.45, 7) is 3.57. The number of ether oxygens (including phenoxy) is 2. The first-order valence-corrected chi connectivity index (χ1v) is 7.26. The van der Waals surface area contributed by atoms with Gasteiger partial charge in [0.15, 0.2) is 0 Å². The van der Waals surface area contributed by atoms with Crippen molar-refractivity contribution in [2.45, 2.75) is 32.5 Å². The molecule has 1 aromatic carbocycles. The molecule has 0 unspecified atom stereocenters. The van der Waals surface area contributed by atoms with E-state index in [1.165, 1.54) is 7.11 Å². The fraction of sp³-hybridized carbons (Fsp3) is 0.500. The largest absolute Gasteiger partial charge is 0.479 e. The molecule has 7 heteroatoms. The molecule has 0 heterocycles. The van der Waals surface area contributed by atoms with Gasteiger partial charge in [-0.2, -0.15) is 5.48 Å². The number of hydrogen-bond donors (Lipinski definition) is 2. The highest BCUT2D eigenvalue weighted by Gasteiger charge is 2.42. The molecule has 0 aromatic heterocycles. The summed E-state index contributed by atoms with van der Waals surface area (Å²) in [5.41, 5.74) is 1.20. The fourth-order valence-corrected chi connectivity index (χ4v) is 2.11. The van der Waals surface area contributed by atoms with Crippen molar-refractivity contribution in [3.05, 3.63) is 35.9 Å². The molecule has 2 N–H and O–H groups in total. The predicted octanol–water partition coefficient (Wildman–Crippen LogP) is 2.36. The van der Waals surface area contributed by atoms with Crippen molar-refractivity contribution >= 4 is 12.1 Å². The standard InChI is InChI=1S/C16H23NO6/c1-12(2)9-16(11-21-3,14(18)19)23-17-15(20)22-10-13-7-5-4-6-8-13/h4-8,12H,9-11H2,1-3H3,(H,17,20)(H,18,19)/t16-/m1/s1. The third-order valence-electron chi connectivity index (χ3n) is 3.05. The number of hydrogen-bond acceptors (Lipinski definition) is 5. The maximum Gasteiger partial charge on any atom is 0.431 e. The molecule has 1 rings (SSSR count). The highest BCUT2D eigenvalue weighted by Crippen LogP contribution is 2.21. The van der Waals surface area contributed by atoms with Gasteiger partial charge in [-0.15, -0.1) is 0 Å². The molecule has 7 nitrogen and oxygen atoms in total. The van der Waals surface area contributed by atoms with E-state index in [0.717, 1.165) is 5.56 Å². The van der Waals surface area contributed by atoms with Gasteiger partial charge in [-0.25, -0.2) is 14.4 Å². The van der Waals surface area contributed by atoms with Crippen LogP contribution in [-0.2, 0) is 25.7 Å². The molecule has 1 atom stereocenters. The van der Waals surface area contributed by atoms with Gasteiger partial charge < -0.3 is 14.6 Å². The van der Waals surface area contributed by atoms with Gasteiger partial charge in [0.2, 0.25) is 5.60 Å². The quantitative estimate of drug-likeness (QED) is 0.677. The van der Waals surface area contributed by atoms with Gasteiger partial charge in [-0.3, -0.25) is 0 Å². The summed E-state index contributed by atoms with van der Waals surface area (Å²) in [7, 11) is 1.37. The minimum absolute atomic E-state index is 0.0309. The summed E-state index contributed by atoms with van der Waals surface area (Å²) in [5, 5.41) is 9.43. The van der Waals surface area contributed by atoms with Crippen LogP contribution in [0.4, 0.5) is 4.79 Å². The van der Waals surface area contributed by atoms with E-state index in [-0.39, 0.29) is 25.6 Å². The summed E-state index contributed by atoms with van der Waals surface area (Å²) >= 11 is 0. The van der Waals surface area contributed by atoms with E-state index in [2.05, 4.69) is 0 Å². The van der Waals surface area contributed by atoms with Crippen LogP contribution >= 0.6 is 0 Å². The van der Waals surface area contributed by atoms with E-state index in [1.807, 2.05) is 37.5 Å². The van der Waals surface area contributed by atoms with Gasteiger partial charge in [0, 0.05) is 7.11 Å². The summed E-state index contributed by atoms with van der Waals surface area (Å²) in [5.74, 6) is -1.18.